The highest BCUT2D eigenvalue weighted by Gasteiger charge is 2.22. The van der Waals surface area contributed by atoms with Crippen LogP contribution < -0.4 is 18.9 Å². The first-order valence-corrected chi connectivity index (χ1v) is 8.54. The predicted octanol–water partition coefficient (Wildman–Crippen LogP) is 3.13. The SMILES string of the molecule is COc1ccc(-c2noc(COC(=O)c3ccc(OC)c(OC)c3OC)n2)cc1. The van der Waals surface area contributed by atoms with Crippen molar-refractivity contribution in [1.29, 1.82) is 0 Å². The molecule has 0 N–H and O–H groups in total. The number of hydrogen-bond acceptors (Lipinski definition) is 9. The van der Waals surface area contributed by atoms with Crippen LogP contribution in [0.2, 0.25) is 0 Å². The maximum Gasteiger partial charge on any atom is 0.342 e. The molecule has 3 aromatic rings. The highest BCUT2D eigenvalue weighted by molar-refractivity contribution is 5.94. The third-order valence-corrected chi connectivity index (χ3v) is 4.07. The molecule has 0 aliphatic heterocycles. The van der Waals surface area contributed by atoms with E-state index >= 15 is 0 Å². The third kappa shape index (κ3) is 4.23. The van der Waals surface area contributed by atoms with E-state index in [0.717, 1.165) is 11.3 Å². The van der Waals surface area contributed by atoms with Crippen molar-refractivity contribution >= 4 is 5.97 Å². The van der Waals surface area contributed by atoms with Crippen molar-refractivity contribution < 1.29 is 33.0 Å². The number of methoxy groups -OCH3 is 4. The summed E-state index contributed by atoms with van der Waals surface area (Å²) in [6, 6.07) is 10.3. The van der Waals surface area contributed by atoms with Gasteiger partial charge in [0.25, 0.3) is 5.89 Å². The van der Waals surface area contributed by atoms with Crippen molar-refractivity contribution in [3.63, 3.8) is 0 Å². The zero-order chi connectivity index (χ0) is 20.8. The Hall–Kier alpha value is -3.75. The average Bonchev–Trinajstić information content (AvgIpc) is 3.25. The highest BCUT2D eigenvalue weighted by Crippen LogP contribution is 2.40. The average molecular weight is 400 g/mol. The lowest BCUT2D eigenvalue weighted by atomic mass is 10.1. The first kappa shape index (κ1) is 20.0. The summed E-state index contributed by atoms with van der Waals surface area (Å²) in [7, 11) is 5.95. The zero-order valence-corrected chi connectivity index (χ0v) is 16.4. The summed E-state index contributed by atoms with van der Waals surface area (Å²) in [5.41, 5.74) is 0.925. The molecule has 3 rings (SSSR count). The molecular formula is C20H20N2O7. The normalized spacial score (nSPS) is 10.3. The maximum atomic E-state index is 12.5. The van der Waals surface area contributed by atoms with Gasteiger partial charge in [-0.2, -0.15) is 4.98 Å². The topological polar surface area (TPSA) is 102 Å². The summed E-state index contributed by atoms with van der Waals surface area (Å²) >= 11 is 0. The lowest BCUT2D eigenvalue weighted by Gasteiger charge is -2.14. The highest BCUT2D eigenvalue weighted by atomic mass is 16.6. The van der Waals surface area contributed by atoms with Gasteiger partial charge in [-0.25, -0.2) is 4.79 Å². The molecule has 0 aliphatic rings. The number of rotatable bonds is 8. The molecule has 0 aliphatic carbocycles. The van der Waals surface area contributed by atoms with E-state index in [1.54, 1.807) is 37.4 Å². The third-order valence-electron chi connectivity index (χ3n) is 4.07. The van der Waals surface area contributed by atoms with Gasteiger partial charge in [-0.05, 0) is 36.4 Å². The van der Waals surface area contributed by atoms with Crippen LogP contribution in [0.3, 0.4) is 0 Å². The molecule has 29 heavy (non-hydrogen) atoms. The van der Waals surface area contributed by atoms with Crippen molar-refractivity contribution in [2.45, 2.75) is 6.61 Å². The zero-order valence-electron chi connectivity index (χ0n) is 16.4. The molecule has 0 fully saturated rings. The molecule has 0 atom stereocenters. The Bertz CT molecular complexity index is 983. The molecule has 0 saturated heterocycles. The molecule has 1 aromatic heterocycles. The van der Waals surface area contributed by atoms with Crippen LogP contribution in [-0.2, 0) is 11.3 Å². The monoisotopic (exact) mass is 400 g/mol. The summed E-state index contributed by atoms with van der Waals surface area (Å²) in [5, 5.41) is 3.90. The van der Waals surface area contributed by atoms with Crippen LogP contribution in [0.5, 0.6) is 23.0 Å². The Morgan fingerprint density at radius 3 is 2.24 bits per heavy atom. The summed E-state index contributed by atoms with van der Waals surface area (Å²) in [4.78, 5) is 16.7. The summed E-state index contributed by atoms with van der Waals surface area (Å²) < 4.78 is 31.3. The van der Waals surface area contributed by atoms with Crippen LogP contribution >= 0.6 is 0 Å². The number of carbonyl (C=O) groups excluding carboxylic acids is 1. The molecule has 0 amide bonds. The number of ether oxygens (including phenoxy) is 5. The van der Waals surface area contributed by atoms with E-state index in [1.807, 2.05) is 0 Å². The minimum absolute atomic E-state index is 0.156. The molecule has 0 saturated carbocycles. The van der Waals surface area contributed by atoms with Crippen molar-refractivity contribution in [3.8, 4) is 34.4 Å². The number of hydrogen-bond donors (Lipinski definition) is 0. The van der Waals surface area contributed by atoms with Gasteiger partial charge in [-0.15, -0.1) is 0 Å². The fourth-order valence-electron chi connectivity index (χ4n) is 2.64. The van der Waals surface area contributed by atoms with E-state index in [0.29, 0.717) is 17.3 Å². The number of carbonyl (C=O) groups is 1. The smallest absolute Gasteiger partial charge is 0.342 e. The molecule has 0 unspecified atom stereocenters. The van der Waals surface area contributed by atoms with Crippen molar-refractivity contribution in [2.75, 3.05) is 28.4 Å². The Morgan fingerprint density at radius 1 is 0.897 bits per heavy atom. The molecule has 9 nitrogen and oxygen atoms in total. The van der Waals surface area contributed by atoms with Gasteiger partial charge in [0.2, 0.25) is 11.6 Å². The molecule has 2 aromatic carbocycles. The van der Waals surface area contributed by atoms with E-state index in [-0.39, 0.29) is 23.8 Å². The summed E-state index contributed by atoms with van der Waals surface area (Å²) in [6.45, 7) is -0.195. The fourth-order valence-corrected chi connectivity index (χ4v) is 2.64. The number of benzene rings is 2. The van der Waals surface area contributed by atoms with Gasteiger partial charge >= 0.3 is 5.97 Å². The van der Waals surface area contributed by atoms with Crippen molar-refractivity contribution in [2.24, 2.45) is 0 Å². The Labute approximate surface area is 167 Å². The van der Waals surface area contributed by atoms with Crippen LogP contribution in [-0.4, -0.2) is 44.5 Å². The van der Waals surface area contributed by atoms with Crippen LogP contribution in [0.25, 0.3) is 11.4 Å². The maximum absolute atomic E-state index is 12.5. The second-order valence-corrected chi connectivity index (χ2v) is 5.70. The standard InChI is InChI=1S/C20H20N2O7/c1-24-13-7-5-12(6-8-13)19-21-16(29-22-19)11-28-20(23)14-9-10-15(25-2)18(27-4)17(14)26-3/h5-10H,11H2,1-4H3. The van der Waals surface area contributed by atoms with E-state index in [9.17, 15) is 4.79 Å². The van der Waals surface area contributed by atoms with Gasteiger partial charge < -0.3 is 28.2 Å². The number of nitrogens with zero attached hydrogens (tertiary/aromatic N) is 2. The summed E-state index contributed by atoms with van der Waals surface area (Å²) in [6.07, 6.45) is 0. The predicted molar refractivity (Wildman–Crippen MR) is 102 cm³/mol. The molecule has 0 bridgehead atoms. The van der Waals surface area contributed by atoms with Gasteiger partial charge in [-0.1, -0.05) is 5.16 Å². The van der Waals surface area contributed by atoms with Crippen LogP contribution in [0, 0.1) is 0 Å². The largest absolute Gasteiger partial charge is 0.497 e. The fraction of sp³-hybridized carbons (Fsp3) is 0.250. The lowest BCUT2D eigenvalue weighted by molar-refractivity contribution is 0.0425. The van der Waals surface area contributed by atoms with Gasteiger partial charge in [0.1, 0.15) is 11.3 Å². The molecular weight excluding hydrogens is 380 g/mol. The van der Waals surface area contributed by atoms with Crippen LogP contribution in [0.1, 0.15) is 16.2 Å². The quantitative estimate of drug-likeness (QED) is 0.528. The molecule has 0 radical (unpaired) electrons. The molecule has 0 spiro atoms. The first-order chi connectivity index (χ1) is 14.1. The minimum atomic E-state index is -0.632. The Kier molecular flexibility index (Phi) is 6.18. The lowest BCUT2D eigenvalue weighted by Crippen LogP contribution is -2.09. The van der Waals surface area contributed by atoms with Crippen molar-refractivity contribution in [3.05, 3.63) is 47.9 Å². The second-order valence-electron chi connectivity index (χ2n) is 5.70. The van der Waals surface area contributed by atoms with Crippen LogP contribution in [0.15, 0.2) is 40.9 Å². The Morgan fingerprint density at radius 2 is 1.62 bits per heavy atom. The van der Waals surface area contributed by atoms with E-state index < -0.39 is 5.97 Å². The molecule has 1 heterocycles. The van der Waals surface area contributed by atoms with Gasteiger partial charge in [0.05, 0.1) is 28.4 Å². The van der Waals surface area contributed by atoms with Gasteiger partial charge in [0.15, 0.2) is 18.1 Å². The number of esters is 1. The van der Waals surface area contributed by atoms with Crippen LogP contribution in [0.4, 0.5) is 0 Å². The van der Waals surface area contributed by atoms with E-state index in [2.05, 4.69) is 10.1 Å². The summed E-state index contributed by atoms with van der Waals surface area (Å²) in [5.74, 6) is 1.56. The first-order valence-electron chi connectivity index (χ1n) is 8.54. The minimum Gasteiger partial charge on any atom is -0.497 e. The van der Waals surface area contributed by atoms with E-state index in [1.165, 1.54) is 27.4 Å². The van der Waals surface area contributed by atoms with Gasteiger partial charge in [0, 0.05) is 5.56 Å². The Balaban J connectivity index is 1.72. The van der Waals surface area contributed by atoms with Crippen molar-refractivity contribution in [1.82, 2.24) is 10.1 Å². The van der Waals surface area contributed by atoms with E-state index in [4.69, 9.17) is 28.2 Å². The molecule has 9 heteroatoms. The number of aromatic nitrogens is 2. The molecule has 152 valence electrons. The second kappa shape index (κ2) is 8.96. The van der Waals surface area contributed by atoms with Gasteiger partial charge in [-0.3, -0.25) is 0 Å².